The molecule has 3 nitrogen and oxygen atoms in total. The van der Waals surface area contributed by atoms with Gasteiger partial charge in [0.15, 0.2) is 0 Å². The van der Waals surface area contributed by atoms with E-state index in [-0.39, 0.29) is 5.91 Å². The van der Waals surface area contributed by atoms with Gasteiger partial charge in [0, 0.05) is 5.69 Å². The van der Waals surface area contributed by atoms with Crippen molar-refractivity contribution in [3.05, 3.63) is 29.8 Å². The Morgan fingerprint density at radius 3 is 3.00 bits per heavy atom. The number of nitrogens with one attached hydrogen (secondary N) is 2. The molecule has 0 fully saturated rings. The van der Waals surface area contributed by atoms with E-state index in [1.807, 2.05) is 24.3 Å². The van der Waals surface area contributed by atoms with Crippen LogP contribution in [-0.2, 0) is 11.2 Å². The lowest BCUT2D eigenvalue weighted by molar-refractivity contribution is -0.117. The molecule has 2 rings (SSSR count). The normalized spacial score (nSPS) is 21.6. The van der Waals surface area contributed by atoms with Crippen LogP contribution in [0.4, 0.5) is 5.69 Å². The molecule has 0 aromatic heterocycles. The van der Waals surface area contributed by atoms with Gasteiger partial charge in [-0.05, 0) is 24.5 Å². The van der Waals surface area contributed by atoms with Crippen molar-refractivity contribution in [1.82, 2.24) is 5.73 Å². The molecule has 0 bridgehead atoms. The molecule has 1 unspecified atom stereocenters. The summed E-state index contributed by atoms with van der Waals surface area (Å²) < 4.78 is 0. The highest BCUT2D eigenvalue weighted by atomic mass is 16.2. The van der Waals surface area contributed by atoms with Gasteiger partial charge in [0.25, 0.3) is 0 Å². The molecule has 2 N–H and O–H groups in total. The Bertz CT molecular complexity index is 335. The summed E-state index contributed by atoms with van der Waals surface area (Å²) >= 11 is 0. The highest BCUT2D eigenvalue weighted by Gasteiger charge is 2.19. The molecule has 1 radical (unpaired) electrons. The predicted octanol–water partition coefficient (Wildman–Crippen LogP) is 1.22. The number of hydrogen-bond acceptors (Lipinski definition) is 1. The second-order valence-corrected chi connectivity index (χ2v) is 3.24. The Morgan fingerprint density at radius 2 is 2.15 bits per heavy atom. The van der Waals surface area contributed by atoms with Gasteiger partial charge < -0.3 is 5.32 Å². The first-order valence-electron chi connectivity index (χ1n) is 4.37. The van der Waals surface area contributed by atoms with Crippen LogP contribution in [0.1, 0.15) is 12.0 Å². The Morgan fingerprint density at radius 1 is 1.38 bits per heavy atom. The van der Waals surface area contributed by atoms with Crippen LogP contribution in [0, 0.1) is 0 Å². The number of anilines is 1. The zero-order chi connectivity index (χ0) is 9.26. The van der Waals surface area contributed by atoms with E-state index in [0.717, 1.165) is 17.7 Å². The lowest BCUT2D eigenvalue weighted by atomic mass is 10.1. The molecule has 67 valence electrons. The third-order valence-electron chi connectivity index (χ3n) is 2.29. The molecular weight excluding hydrogens is 164 g/mol. The fraction of sp³-hybridized carbons (Fsp3) is 0.300. The number of rotatable bonds is 0. The average Bonchev–Trinajstić information content (AvgIpc) is 2.28. The van der Waals surface area contributed by atoms with Crippen LogP contribution in [0.25, 0.3) is 0 Å². The van der Waals surface area contributed by atoms with Crippen molar-refractivity contribution in [2.24, 2.45) is 0 Å². The third kappa shape index (κ3) is 1.55. The Kier molecular flexibility index (Phi) is 2.02. The maximum Gasteiger partial charge on any atom is 0.242 e. The van der Waals surface area contributed by atoms with Gasteiger partial charge in [0.1, 0.15) is 6.04 Å². The molecule has 1 atom stereocenters. The summed E-state index contributed by atoms with van der Waals surface area (Å²) in [4.78, 5) is 11.3. The van der Waals surface area contributed by atoms with Crippen LogP contribution < -0.4 is 11.1 Å². The molecule has 0 spiro atoms. The van der Waals surface area contributed by atoms with Crippen molar-refractivity contribution < 1.29 is 4.79 Å². The van der Waals surface area contributed by atoms with Crippen molar-refractivity contribution in [2.45, 2.75) is 18.9 Å². The summed E-state index contributed by atoms with van der Waals surface area (Å²) in [7, 11) is 0. The van der Waals surface area contributed by atoms with Crippen LogP contribution in [0.5, 0.6) is 0 Å². The number of benzene rings is 1. The molecule has 1 aliphatic rings. The Labute approximate surface area is 76.9 Å². The zero-order valence-corrected chi connectivity index (χ0v) is 7.21. The Hall–Kier alpha value is -1.35. The number of fused-ring (bicyclic) bond motifs is 1. The summed E-state index contributed by atoms with van der Waals surface area (Å²) in [6, 6.07) is 7.10. The van der Waals surface area contributed by atoms with E-state index in [2.05, 4.69) is 5.32 Å². The summed E-state index contributed by atoms with van der Waals surface area (Å²) in [6.45, 7) is 0. The van der Waals surface area contributed by atoms with Crippen molar-refractivity contribution in [2.75, 3.05) is 5.32 Å². The van der Waals surface area contributed by atoms with Crippen LogP contribution in [0.15, 0.2) is 24.3 Å². The molecular formula is C10H11N2O. The predicted molar refractivity (Wildman–Crippen MR) is 50.3 cm³/mol. The minimum absolute atomic E-state index is 0.190. The number of aryl methyl sites for hydroxylation is 1. The summed E-state index contributed by atoms with van der Waals surface area (Å²) in [5, 5.41) is 2.75. The first-order valence-corrected chi connectivity index (χ1v) is 4.37. The van der Waals surface area contributed by atoms with E-state index in [1.165, 1.54) is 0 Å². The topological polar surface area (TPSA) is 52.9 Å². The quantitative estimate of drug-likeness (QED) is 0.633. The van der Waals surface area contributed by atoms with Crippen LogP contribution in [0.2, 0.25) is 0 Å². The third-order valence-corrected chi connectivity index (χ3v) is 2.29. The molecule has 0 aliphatic carbocycles. The second-order valence-electron chi connectivity index (χ2n) is 3.24. The largest absolute Gasteiger partial charge is 0.324 e. The molecule has 1 aromatic carbocycles. The van der Waals surface area contributed by atoms with E-state index in [1.54, 1.807) is 0 Å². The van der Waals surface area contributed by atoms with E-state index >= 15 is 0 Å². The highest BCUT2D eigenvalue weighted by molar-refractivity contribution is 5.95. The Balaban J connectivity index is 2.35. The van der Waals surface area contributed by atoms with Gasteiger partial charge in [0.2, 0.25) is 5.91 Å². The molecule has 1 amide bonds. The summed E-state index contributed by atoms with van der Waals surface area (Å²) in [5.74, 6) is -0.190. The fourth-order valence-corrected chi connectivity index (χ4v) is 1.51. The minimum atomic E-state index is -0.618. The number of hydrogen-bond donors (Lipinski definition) is 1. The van der Waals surface area contributed by atoms with Gasteiger partial charge in [-0.2, -0.15) is 0 Å². The molecule has 0 saturated carbocycles. The van der Waals surface area contributed by atoms with Gasteiger partial charge in [-0.1, -0.05) is 18.2 Å². The van der Waals surface area contributed by atoms with Crippen molar-refractivity contribution in [1.29, 1.82) is 0 Å². The van der Waals surface area contributed by atoms with Gasteiger partial charge in [-0.25, -0.2) is 5.73 Å². The number of carbonyl (C=O) groups is 1. The standard InChI is InChI=1S/C10H11N2O/c11-8-6-5-7-3-1-2-4-9(7)12-10(8)13/h1-4,8,11H,5-6H2,(H,12,13). The van der Waals surface area contributed by atoms with Gasteiger partial charge in [0.05, 0.1) is 0 Å². The highest BCUT2D eigenvalue weighted by Crippen LogP contribution is 2.20. The van der Waals surface area contributed by atoms with E-state index < -0.39 is 6.04 Å². The molecule has 1 heterocycles. The van der Waals surface area contributed by atoms with Gasteiger partial charge in [-0.3, -0.25) is 4.79 Å². The molecule has 3 heteroatoms. The second kappa shape index (κ2) is 3.18. The smallest absolute Gasteiger partial charge is 0.242 e. The maximum atomic E-state index is 11.3. The van der Waals surface area contributed by atoms with Crippen molar-refractivity contribution in [3.8, 4) is 0 Å². The molecule has 1 aliphatic heterocycles. The lowest BCUT2D eigenvalue weighted by Gasteiger charge is -2.05. The summed E-state index contributed by atoms with van der Waals surface area (Å²) in [5.41, 5.74) is 9.48. The first kappa shape index (κ1) is 8.26. The monoisotopic (exact) mass is 175 g/mol. The fourth-order valence-electron chi connectivity index (χ4n) is 1.51. The van der Waals surface area contributed by atoms with Gasteiger partial charge >= 0.3 is 0 Å². The lowest BCUT2D eigenvalue weighted by Crippen LogP contribution is -2.27. The van der Waals surface area contributed by atoms with Crippen LogP contribution in [0.3, 0.4) is 0 Å². The van der Waals surface area contributed by atoms with Crippen LogP contribution in [-0.4, -0.2) is 11.9 Å². The first-order chi connectivity index (χ1) is 6.27. The van der Waals surface area contributed by atoms with Gasteiger partial charge in [-0.15, -0.1) is 0 Å². The SMILES string of the molecule is [NH]C1CCc2ccccc2NC1=O. The van der Waals surface area contributed by atoms with Crippen LogP contribution >= 0.6 is 0 Å². The number of para-hydroxylation sites is 1. The van der Waals surface area contributed by atoms with Crippen molar-refractivity contribution >= 4 is 11.6 Å². The zero-order valence-electron chi connectivity index (χ0n) is 7.21. The molecule has 0 saturated heterocycles. The van der Waals surface area contributed by atoms with E-state index in [4.69, 9.17) is 5.73 Å². The molecule has 13 heavy (non-hydrogen) atoms. The summed E-state index contributed by atoms with van der Waals surface area (Å²) in [6.07, 6.45) is 1.42. The average molecular weight is 175 g/mol. The molecule has 1 aromatic rings. The number of amides is 1. The number of carbonyl (C=O) groups excluding carboxylic acids is 1. The van der Waals surface area contributed by atoms with E-state index in [0.29, 0.717) is 6.42 Å². The van der Waals surface area contributed by atoms with E-state index in [9.17, 15) is 4.79 Å². The van der Waals surface area contributed by atoms with Crippen molar-refractivity contribution in [3.63, 3.8) is 0 Å². The maximum absolute atomic E-state index is 11.3. The minimum Gasteiger partial charge on any atom is -0.324 e.